The number of carbonyl (C=O) groups is 2. The van der Waals surface area contributed by atoms with Gasteiger partial charge in [0, 0.05) is 67.2 Å². The molecule has 148 heavy (non-hydrogen) atoms. The zero-order chi connectivity index (χ0) is 106. The van der Waals surface area contributed by atoms with Crippen LogP contribution in [-0.2, 0) is 13.1 Å². The Hall–Kier alpha value is -9.50. The molecule has 0 amide bonds. The summed E-state index contributed by atoms with van der Waals surface area (Å²) >= 11 is 0. The summed E-state index contributed by atoms with van der Waals surface area (Å²) in [5.74, 6) is -2.46. The number of aromatic nitrogens is 4. The van der Waals surface area contributed by atoms with Crippen LogP contribution in [0, 0.1) is 13.8 Å². The van der Waals surface area contributed by atoms with Gasteiger partial charge < -0.3 is 47.9 Å². The van der Waals surface area contributed by atoms with Gasteiger partial charge in [0.15, 0.2) is 21.7 Å². The van der Waals surface area contributed by atoms with Crippen LogP contribution in [0.15, 0.2) is 177 Å². The maximum atomic E-state index is 13.6. The Labute approximate surface area is 893 Å². The largest absolute Gasteiger partial charge is 0.545 e. The molecule has 0 atom stereocenters. The SMILES string of the molecule is CCCCCCCCCCCCCCCCCC[N+](C)(C)CCCCCCCCCCCCCCCCCC.CCCCCCCCCCCCCCCCCC[N+](C)(C)CCCCCCCCCCCCCCCCCC.Cc1ccc2[nH]c3cc4c(=O)c5cc(C)ccc5n(Cc5ccc(C(=O)[O-])cc5)c4cc3c(=O)c2c1.O=C([O-])c1ccc(Cn2c3ccccc3c(=O)c3cc4[nH]c5ccccc5c(=O)c4cc32)cc1. The van der Waals surface area contributed by atoms with Gasteiger partial charge in [0.1, 0.15) is 0 Å². The Morgan fingerprint density at radius 2 is 0.459 bits per heavy atom. The first-order chi connectivity index (χ1) is 72.0. The van der Waals surface area contributed by atoms with Gasteiger partial charge in [-0.3, -0.25) is 19.2 Å². The van der Waals surface area contributed by atoms with Gasteiger partial charge in [-0.25, -0.2) is 0 Å². The highest BCUT2D eigenvalue weighted by atomic mass is 16.4. The fraction of sp³-hybridized carbons (Fsp3) is 0.597. The quantitative estimate of drug-likeness (QED) is 0.0214. The summed E-state index contributed by atoms with van der Waals surface area (Å²) < 4.78 is 6.50. The number of H-pyrrole nitrogens is 2. The number of benzene rings is 8. The molecule has 0 saturated heterocycles. The molecule has 8 aromatic carbocycles. The highest BCUT2D eigenvalue weighted by molar-refractivity contribution is 6.05. The van der Waals surface area contributed by atoms with E-state index >= 15 is 0 Å². The number of carbonyl (C=O) groups excluding carboxylic acids is 2. The summed E-state index contributed by atoms with van der Waals surface area (Å²) in [4.78, 5) is 82.7. The number of carboxylic acid groups (broad SMARTS) is 2. The summed E-state index contributed by atoms with van der Waals surface area (Å²) in [5.41, 5.74) is 8.90. The minimum Gasteiger partial charge on any atom is -0.545 e. The molecule has 12 rings (SSSR count). The van der Waals surface area contributed by atoms with E-state index in [1.165, 1.54) is 470 Å². The van der Waals surface area contributed by atoms with E-state index in [1.54, 1.807) is 60.7 Å². The fourth-order valence-electron chi connectivity index (χ4n) is 22.2. The second-order valence-electron chi connectivity index (χ2n) is 45.6. The Morgan fingerprint density at radius 1 is 0.230 bits per heavy atom. The number of carboxylic acids is 2. The van der Waals surface area contributed by atoms with Crippen molar-refractivity contribution in [3.8, 4) is 0 Å². The van der Waals surface area contributed by atoms with E-state index in [0.29, 0.717) is 83.8 Å². The molecule has 0 aliphatic heterocycles. The minimum atomic E-state index is -1.23. The Bertz CT molecular complexity index is 5900. The third kappa shape index (κ3) is 44.1. The molecule has 0 spiro atoms. The average molecular weight is 2020 g/mol. The monoisotopic (exact) mass is 2020 g/mol. The number of fused-ring (bicyclic) bond motifs is 8. The molecule has 0 saturated carbocycles. The molecule has 14 heteroatoms. The van der Waals surface area contributed by atoms with Crippen molar-refractivity contribution in [2.24, 2.45) is 0 Å². The van der Waals surface area contributed by atoms with E-state index in [-0.39, 0.29) is 32.8 Å². The van der Waals surface area contributed by atoms with E-state index in [2.05, 4.69) is 65.9 Å². The van der Waals surface area contributed by atoms with Gasteiger partial charge in [-0.2, -0.15) is 0 Å². The lowest BCUT2D eigenvalue weighted by Gasteiger charge is -2.30. The van der Waals surface area contributed by atoms with Crippen molar-refractivity contribution in [2.75, 3.05) is 54.4 Å². The number of aromatic carboxylic acids is 2. The van der Waals surface area contributed by atoms with Gasteiger partial charge in [-0.15, -0.1) is 0 Å². The molecular weight excluding hydrogens is 1820 g/mol. The van der Waals surface area contributed by atoms with Crippen LogP contribution in [0.4, 0.5) is 0 Å². The normalized spacial score (nSPS) is 11.8. The molecular formula is C134H198N6O8. The number of para-hydroxylation sites is 2. The number of pyridine rings is 4. The lowest BCUT2D eigenvalue weighted by Crippen LogP contribution is -2.41. The molecule has 4 aromatic heterocycles. The molecule has 12 aromatic rings. The predicted octanol–water partition coefficient (Wildman–Crippen LogP) is 34.9. The molecule has 0 aliphatic rings. The van der Waals surface area contributed by atoms with Crippen LogP contribution in [0.1, 0.15) is 482 Å². The third-order valence-corrected chi connectivity index (χ3v) is 31.6. The van der Waals surface area contributed by atoms with Gasteiger partial charge in [0.25, 0.3) is 0 Å². The molecule has 0 radical (unpaired) electrons. The standard InChI is InChI=1S/2C38H80N.C30H22N2O4.C28H18N2O4/c2*1-5-7-9-11-13-15-17-19-21-23-25-27-29-31-33-35-37-39(3,4)38-36-34-32-30-28-26-24-22-20-18-16-14-12-10-8-6-2;1-16-3-9-24-20(11-16)28(33)21-14-27-23(13-25(21)31-24)29(34)22-12-17(2)4-10-26(22)32(27)15-18-5-7-19(8-6-18)30(35)36;31-26-18-5-1-3-7-22(18)29-23-13-21-25(14-20(23)26)30(24-8-4-2-6-19(24)27(21)32)15-16-9-11-17(12-10-16)28(33)34/h2*5-38H2,1-4H3;3-14H,15H2,1-2H3,(H,31,33)(H,35,36);1-14H,15H2,(H,29,31)(H,33,34)/q2*+1;;/p-2. The number of aryl methyl sites for hydroxylation is 2. The summed E-state index contributed by atoms with van der Waals surface area (Å²) in [7, 11) is 9.87. The van der Waals surface area contributed by atoms with Gasteiger partial charge in [-0.05, 0) is 160 Å². The third-order valence-electron chi connectivity index (χ3n) is 31.6. The molecule has 0 fully saturated rings. The molecule has 812 valence electrons. The van der Waals surface area contributed by atoms with Crippen LogP contribution in [0.2, 0.25) is 0 Å². The summed E-state index contributed by atoms with van der Waals surface area (Å²) in [6, 6.07) is 46.2. The molecule has 14 nitrogen and oxygen atoms in total. The second-order valence-corrected chi connectivity index (χ2v) is 45.6. The Morgan fingerprint density at radius 3 is 0.770 bits per heavy atom. The van der Waals surface area contributed by atoms with Gasteiger partial charge in [0.05, 0.1) is 99.4 Å². The number of nitrogens with one attached hydrogen (secondary N) is 2. The topological polar surface area (TPSA) is 190 Å². The van der Waals surface area contributed by atoms with Gasteiger partial charge in [-0.1, -0.05) is 483 Å². The summed E-state index contributed by atoms with van der Waals surface area (Å²) in [5, 5.41) is 26.7. The average Bonchev–Trinajstić information content (AvgIpc) is 0.732. The maximum Gasteiger partial charge on any atom is 0.197 e. The first kappa shape index (κ1) is 122. The fourth-order valence-corrected chi connectivity index (χ4v) is 22.2. The summed E-state index contributed by atoms with van der Waals surface area (Å²) in [6.07, 6.45) is 93.9. The van der Waals surface area contributed by atoms with Crippen molar-refractivity contribution in [1.29, 1.82) is 0 Å². The van der Waals surface area contributed by atoms with Crippen molar-refractivity contribution in [1.82, 2.24) is 19.1 Å². The van der Waals surface area contributed by atoms with Crippen LogP contribution in [0.3, 0.4) is 0 Å². The van der Waals surface area contributed by atoms with E-state index in [1.807, 2.05) is 95.8 Å². The number of aromatic amines is 2. The number of nitrogens with zero attached hydrogens (tertiary/aromatic N) is 4. The van der Waals surface area contributed by atoms with Crippen LogP contribution in [-0.4, -0.2) is 94.4 Å². The van der Waals surface area contributed by atoms with Crippen LogP contribution < -0.4 is 31.9 Å². The highest BCUT2D eigenvalue weighted by Gasteiger charge is 2.21. The Balaban J connectivity index is 0.000000219. The number of hydrogen-bond donors (Lipinski definition) is 2. The zero-order valence-corrected chi connectivity index (χ0v) is 94.6. The number of rotatable bonds is 74. The lowest BCUT2D eigenvalue weighted by atomic mass is 10.0. The van der Waals surface area contributed by atoms with Gasteiger partial charge >= 0.3 is 0 Å². The van der Waals surface area contributed by atoms with Crippen molar-refractivity contribution in [3.63, 3.8) is 0 Å². The first-order valence-corrected chi connectivity index (χ1v) is 60.3. The van der Waals surface area contributed by atoms with E-state index < -0.39 is 11.9 Å². The van der Waals surface area contributed by atoms with Gasteiger partial charge in [0.2, 0.25) is 0 Å². The van der Waals surface area contributed by atoms with Crippen molar-refractivity contribution >= 4 is 99.2 Å². The maximum absolute atomic E-state index is 13.6. The Kier molecular flexibility index (Phi) is 58.2. The minimum absolute atomic E-state index is 0.0920. The number of unbranched alkanes of at least 4 members (excludes halogenated alkanes) is 60. The molecule has 0 aliphatic carbocycles. The molecule has 2 N–H and O–H groups in total. The van der Waals surface area contributed by atoms with Crippen LogP contribution in [0.5, 0.6) is 0 Å². The number of quaternary nitrogens is 2. The molecule has 4 heterocycles. The smallest absolute Gasteiger partial charge is 0.197 e. The van der Waals surface area contributed by atoms with Crippen LogP contribution >= 0.6 is 0 Å². The van der Waals surface area contributed by atoms with Crippen molar-refractivity contribution < 1.29 is 28.8 Å². The van der Waals surface area contributed by atoms with Crippen molar-refractivity contribution in [2.45, 2.75) is 466 Å². The first-order valence-electron chi connectivity index (χ1n) is 60.3. The number of hydrogen-bond acceptors (Lipinski definition) is 8. The van der Waals surface area contributed by atoms with E-state index in [0.717, 1.165) is 38.8 Å². The highest BCUT2D eigenvalue weighted by Crippen LogP contribution is 2.31. The molecule has 0 bridgehead atoms. The second kappa shape index (κ2) is 70.6. The van der Waals surface area contributed by atoms with Crippen LogP contribution in [0.25, 0.3) is 87.2 Å². The van der Waals surface area contributed by atoms with Crippen molar-refractivity contribution in [3.05, 3.63) is 232 Å². The summed E-state index contributed by atoms with van der Waals surface area (Å²) in [6.45, 7) is 19.4. The molecule has 0 unspecified atom stereocenters. The van der Waals surface area contributed by atoms with E-state index in [4.69, 9.17) is 0 Å². The van der Waals surface area contributed by atoms with E-state index in [9.17, 15) is 39.0 Å². The zero-order valence-electron chi connectivity index (χ0n) is 94.6. The predicted molar refractivity (Wildman–Crippen MR) is 634 cm³/mol. The lowest BCUT2D eigenvalue weighted by molar-refractivity contribution is -0.890.